The topological polar surface area (TPSA) is 66.4 Å². The Morgan fingerprint density at radius 3 is 2.50 bits per heavy atom. The summed E-state index contributed by atoms with van der Waals surface area (Å²) in [6.45, 7) is 0.555. The molecule has 1 heterocycles. The fourth-order valence-corrected chi connectivity index (χ4v) is 3.43. The normalized spacial score (nSPS) is 10.4. The number of hydrogen-bond donors (Lipinski definition) is 2. The summed E-state index contributed by atoms with van der Waals surface area (Å²) in [7, 11) is 0. The first kappa shape index (κ1) is 16.7. The minimum atomic E-state index is -0.930. The molecule has 4 nitrogen and oxygen atoms in total. The van der Waals surface area contributed by atoms with Crippen molar-refractivity contribution >= 4 is 39.1 Å². The van der Waals surface area contributed by atoms with E-state index >= 15 is 0 Å². The standard InChI is InChI=1S/C16H16BrNO3S/c17-13-9-14(22-10-13)5-6-15(19)18-8-7-11-1-3-12(4-2-11)16(20)21/h1-4,9-10H,5-8H2,(H,18,19)(H,20,21). The van der Waals surface area contributed by atoms with Crippen LogP contribution in [0, 0.1) is 0 Å². The van der Waals surface area contributed by atoms with Crippen molar-refractivity contribution in [3.63, 3.8) is 0 Å². The van der Waals surface area contributed by atoms with Crippen LogP contribution in [-0.2, 0) is 17.6 Å². The predicted octanol–water partition coefficient (Wildman–Crippen LogP) is 3.50. The van der Waals surface area contributed by atoms with E-state index in [1.807, 2.05) is 11.4 Å². The lowest BCUT2D eigenvalue weighted by Crippen LogP contribution is -2.25. The zero-order chi connectivity index (χ0) is 15.9. The Morgan fingerprint density at radius 1 is 1.18 bits per heavy atom. The first-order valence-electron chi connectivity index (χ1n) is 6.86. The number of amides is 1. The van der Waals surface area contributed by atoms with Crippen LogP contribution in [0.3, 0.4) is 0 Å². The lowest BCUT2D eigenvalue weighted by atomic mass is 10.1. The smallest absolute Gasteiger partial charge is 0.335 e. The Hall–Kier alpha value is -1.66. The third-order valence-electron chi connectivity index (χ3n) is 3.16. The molecule has 1 amide bonds. The van der Waals surface area contributed by atoms with Crippen molar-refractivity contribution in [1.82, 2.24) is 5.32 Å². The fraction of sp³-hybridized carbons (Fsp3) is 0.250. The first-order chi connectivity index (χ1) is 10.5. The molecule has 0 bridgehead atoms. The molecule has 0 aliphatic rings. The van der Waals surface area contributed by atoms with Gasteiger partial charge in [0.25, 0.3) is 0 Å². The zero-order valence-corrected chi connectivity index (χ0v) is 14.2. The van der Waals surface area contributed by atoms with Crippen LogP contribution >= 0.6 is 27.3 Å². The van der Waals surface area contributed by atoms with Gasteiger partial charge in [0.1, 0.15) is 0 Å². The summed E-state index contributed by atoms with van der Waals surface area (Å²) in [5, 5.41) is 13.7. The Bertz CT molecular complexity index is 652. The van der Waals surface area contributed by atoms with Crippen molar-refractivity contribution in [3.8, 4) is 0 Å². The number of carboxylic acid groups (broad SMARTS) is 1. The average Bonchev–Trinajstić information content (AvgIpc) is 2.91. The highest BCUT2D eigenvalue weighted by Crippen LogP contribution is 2.20. The van der Waals surface area contributed by atoms with E-state index in [4.69, 9.17) is 5.11 Å². The van der Waals surface area contributed by atoms with Gasteiger partial charge in [-0.05, 0) is 52.5 Å². The van der Waals surface area contributed by atoms with Crippen LogP contribution < -0.4 is 5.32 Å². The summed E-state index contributed by atoms with van der Waals surface area (Å²) in [6, 6.07) is 8.74. The molecule has 2 N–H and O–H groups in total. The number of aromatic carboxylic acids is 1. The lowest BCUT2D eigenvalue weighted by Gasteiger charge is -2.05. The van der Waals surface area contributed by atoms with E-state index in [1.54, 1.807) is 35.6 Å². The van der Waals surface area contributed by atoms with Gasteiger partial charge in [0.05, 0.1) is 5.56 Å². The lowest BCUT2D eigenvalue weighted by molar-refractivity contribution is -0.121. The average molecular weight is 382 g/mol. The number of aryl methyl sites for hydroxylation is 1. The molecule has 0 radical (unpaired) electrons. The maximum atomic E-state index is 11.8. The molecule has 2 rings (SSSR count). The molecule has 2 aromatic rings. The van der Waals surface area contributed by atoms with Crippen LogP contribution in [-0.4, -0.2) is 23.5 Å². The quantitative estimate of drug-likeness (QED) is 0.770. The summed E-state index contributed by atoms with van der Waals surface area (Å²) in [6.07, 6.45) is 1.91. The Morgan fingerprint density at radius 2 is 1.91 bits per heavy atom. The van der Waals surface area contributed by atoms with Gasteiger partial charge in [-0.1, -0.05) is 12.1 Å². The molecule has 0 atom stereocenters. The number of thiophene rings is 1. The van der Waals surface area contributed by atoms with Crippen LogP contribution in [0.4, 0.5) is 0 Å². The van der Waals surface area contributed by atoms with Gasteiger partial charge >= 0.3 is 5.97 Å². The maximum Gasteiger partial charge on any atom is 0.335 e. The van der Waals surface area contributed by atoms with Gasteiger partial charge in [-0.3, -0.25) is 4.79 Å². The number of benzene rings is 1. The van der Waals surface area contributed by atoms with Crippen molar-refractivity contribution in [3.05, 3.63) is 56.2 Å². The van der Waals surface area contributed by atoms with Gasteiger partial charge < -0.3 is 10.4 Å². The summed E-state index contributed by atoms with van der Waals surface area (Å²) in [5.74, 6) is -0.897. The van der Waals surface area contributed by atoms with Gasteiger partial charge in [0, 0.05) is 27.7 Å². The van der Waals surface area contributed by atoms with E-state index in [-0.39, 0.29) is 11.5 Å². The van der Waals surface area contributed by atoms with E-state index in [9.17, 15) is 9.59 Å². The number of carbonyl (C=O) groups excluding carboxylic acids is 1. The van der Waals surface area contributed by atoms with Crippen molar-refractivity contribution in [2.24, 2.45) is 0 Å². The van der Waals surface area contributed by atoms with Crippen LogP contribution in [0.5, 0.6) is 0 Å². The molecule has 1 aromatic carbocycles. The molecule has 0 saturated carbocycles. The summed E-state index contributed by atoms with van der Waals surface area (Å²) in [4.78, 5) is 23.7. The van der Waals surface area contributed by atoms with Crippen LogP contribution in [0.25, 0.3) is 0 Å². The predicted molar refractivity (Wildman–Crippen MR) is 90.5 cm³/mol. The van der Waals surface area contributed by atoms with Crippen molar-refractivity contribution in [1.29, 1.82) is 0 Å². The molecular weight excluding hydrogens is 366 g/mol. The Balaban J connectivity index is 1.69. The summed E-state index contributed by atoms with van der Waals surface area (Å²) < 4.78 is 1.05. The number of carbonyl (C=O) groups is 2. The van der Waals surface area contributed by atoms with Crippen molar-refractivity contribution in [2.45, 2.75) is 19.3 Å². The second-order valence-corrected chi connectivity index (χ2v) is 6.74. The first-order valence-corrected chi connectivity index (χ1v) is 8.53. The minimum absolute atomic E-state index is 0.0340. The highest BCUT2D eigenvalue weighted by molar-refractivity contribution is 9.10. The second kappa shape index (κ2) is 8.10. The van der Waals surface area contributed by atoms with E-state index in [1.165, 1.54) is 4.88 Å². The van der Waals surface area contributed by atoms with E-state index in [0.29, 0.717) is 19.4 Å². The molecule has 0 saturated heterocycles. The number of hydrogen-bond acceptors (Lipinski definition) is 3. The third-order valence-corrected chi connectivity index (χ3v) is 4.91. The number of carboxylic acids is 1. The van der Waals surface area contributed by atoms with E-state index < -0.39 is 5.97 Å². The molecule has 1 aromatic heterocycles. The largest absolute Gasteiger partial charge is 0.478 e. The molecule has 116 valence electrons. The zero-order valence-electron chi connectivity index (χ0n) is 11.8. The SMILES string of the molecule is O=C(CCc1cc(Br)cs1)NCCc1ccc(C(=O)O)cc1. The van der Waals surface area contributed by atoms with Crippen molar-refractivity contribution in [2.75, 3.05) is 6.54 Å². The highest BCUT2D eigenvalue weighted by atomic mass is 79.9. The van der Waals surface area contributed by atoms with Crippen LogP contribution in [0.15, 0.2) is 40.2 Å². The fourth-order valence-electron chi connectivity index (χ4n) is 1.97. The molecule has 0 fully saturated rings. The third kappa shape index (κ3) is 5.27. The van der Waals surface area contributed by atoms with Crippen LogP contribution in [0.1, 0.15) is 27.2 Å². The molecular formula is C16H16BrNO3S. The molecule has 0 spiro atoms. The monoisotopic (exact) mass is 381 g/mol. The van der Waals surface area contributed by atoms with Gasteiger partial charge in [0.15, 0.2) is 0 Å². The number of nitrogens with one attached hydrogen (secondary N) is 1. The molecule has 22 heavy (non-hydrogen) atoms. The molecule has 0 aliphatic carbocycles. The summed E-state index contributed by atoms with van der Waals surface area (Å²) in [5.41, 5.74) is 1.28. The molecule has 0 aliphatic heterocycles. The highest BCUT2D eigenvalue weighted by Gasteiger charge is 2.05. The Kier molecular flexibility index (Phi) is 6.15. The summed E-state index contributed by atoms with van der Waals surface area (Å²) >= 11 is 5.04. The van der Waals surface area contributed by atoms with E-state index in [2.05, 4.69) is 21.2 Å². The maximum absolute atomic E-state index is 11.8. The van der Waals surface area contributed by atoms with Gasteiger partial charge in [0.2, 0.25) is 5.91 Å². The van der Waals surface area contributed by atoms with Gasteiger partial charge in [-0.15, -0.1) is 11.3 Å². The number of rotatable bonds is 7. The van der Waals surface area contributed by atoms with Crippen molar-refractivity contribution < 1.29 is 14.7 Å². The second-order valence-electron chi connectivity index (χ2n) is 4.83. The Labute approximate surface area is 141 Å². The van der Waals surface area contributed by atoms with Crippen LogP contribution in [0.2, 0.25) is 0 Å². The van der Waals surface area contributed by atoms with Gasteiger partial charge in [-0.2, -0.15) is 0 Å². The molecule has 6 heteroatoms. The number of halogens is 1. The van der Waals surface area contributed by atoms with Gasteiger partial charge in [-0.25, -0.2) is 4.79 Å². The van der Waals surface area contributed by atoms with E-state index in [0.717, 1.165) is 16.5 Å². The minimum Gasteiger partial charge on any atom is -0.478 e. The molecule has 0 unspecified atom stereocenters.